The lowest BCUT2D eigenvalue weighted by Gasteiger charge is -2.02. The van der Waals surface area contributed by atoms with Gasteiger partial charge in [-0.15, -0.1) is 11.3 Å². The van der Waals surface area contributed by atoms with Crippen molar-refractivity contribution in [2.24, 2.45) is 5.73 Å². The zero-order valence-electron chi connectivity index (χ0n) is 9.06. The minimum absolute atomic E-state index is 0.166. The number of carbonyl (C=O) groups excluding carboxylic acids is 1. The molecular formula is C9H11N5OS2. The van der Waals surface area contributed by atoms with Crippen LogP contribution in [-0.4, -0.2) is 15.3 Å². The third-order valence-electron chi connectivity index (χ3n) is 2.06. The summed E-state index contributed by atoms with van der Waals surface area (Å²) in [5.41, 5.74) is 12.0. The highest BCUT2D eigenvalue weighted by Gasteiger charge is 2.16. The third-order valence-corrected chi connectivity index (χ3v) is 3.70. The molecule has 0 unspecified atom stereocenters. The molecule has 0 atom stereocenters. The quantitative estimate of drug-likeness (QED) is 0.773. The first-order valence-electron chi connectivity index (χ1n) is 4.77. The second-order valence-corrected chi connectivity index (χ2v) is 5.18. The van der Waals surface area contributed by atoms with Crippen molar-refractivity contribution in [1.29, 1.82) is 0 Å². The predicted molar refractivity (Wildman–Crippen MR) is 69.2 cm³/mol. The fourth-order valence-electron chi connectivity index (χ4n) is 1.32. The zero-order chi connectivity index (χ0) is 12.4. The van der Waals surface area contributed by atoms with Crippen molar-refractivity contribution in [1.82, 2.24) is 9.36 Å². The lowest BCUT2D eigenvalue weighted by atomic mass is 10.3. The Morgan fingerprint density at radius 2 is 2.35 bits per heavy atom. The van der Waals surface area contributed by atoms with Crippen LogP contribution in [0.1, 0.15) is 21.1 Å². The maximum absolute atomic E-state index is 11.2. The maximum atomic E-state index is 11.2. The van der Waals surface area contributed by atoms with Crippen molar-refractivity contribution in [2.45, 2.75) is 13.5 Å². The Morgan fingerprint density at radius 1 is 1.59 bits per heavy atom. The van der Waals surface area contributed by atoms with E-state index in [-0.39, 0.29) is 11.4 Å². The van der Waals surface area contributed by atoms with Crippen LogP contribution in [0.25, 0.3) is 0 Å². The second-order valence-electron chi connectivity index (χ2n) is 3.35. The molecule has 0 aromatic carbocycles. The number of nitrogens with zero attached hydrogens (tertiary/aromatic N) is 2. The van der Waals surface area contributed by atoms with Gasteiger partial charge in [-0.1, -0.05) is 0 Å². The maximum Gasteiger partial charge on any atom is 0.255 e. The number of anilines is 2. The summed E-state index contributed by atoms with van der Waals surface area (Å²) >= 11 is 2.69. The SMILES string of the molecule is Cc1nc(CNc2snc(N)c2C(N)=O)cs1. The second kappa shape index (κ2) is 4.68. The number of nitrogens with one attached hydrogen (secondary N) is 1. The Morgan fingerprint density at radius 3 is 2.94 bits per heavy atom. The molecule has 5 N–H and O–H groups in total. The summed E-state index contributed by atoms with van der Waals surface area (Å²) in [6.45, 7) is 2.46. The van der Waals surface area contributed by atoms with Crippen LogP contribution in [0.3, 0.4) is 0 Å². The van der Waals surface area contributed by atoms with Crippen LogP contribution in [-0.2, 0) is 6.54 Å². The van der Waals surface area contributed by atoms with Gasteiger partial charge in [-0.25, -0.2) is 4.98 Å². The molecule has 1 amide bonds. The normalized spacial score (nSPS) is 10.4. The van der Waals surface area contributed by atoms with Crippen molar-refractivity contribution in [3.63, 3.8) is 0 Å². The van der Waals surface area contributed by atoms with E-state index in [9.17, 15) is 4.79 Å². The third kappa shape index (κ3) is 2.53. The van der Waals surface area contributed by atoms with E-state index in [0.717, 1.165) is 22.2 Å². The average Bonchev–Trinajstić information content (AvgIpc) is 2.82. The number of primary amides is 1. The van der Waals surface area contributed by atoms with Crippen molar-refractivity contribution in [2.75, 3.05) is 11.1 Å². The number of hydrogen-bond acceptors (Lipinski definition) is 7. The van der Waals surface area contributed by atoms with Crippen LogP contribution >= 0.6 is 22.9 Å². The van der Waals surface area contributed by atoms with Gasteiger partial charge in [-0.3, -0.25) is 4.79 Å². The highest BCUT2D eigenvalue weighted by molar-refractivity contribution is 7.11. The molecule has 2 heterocycles. The fourth-order valence-corrected chi connectivity index (χ4v) is 2.65. The van der Waals surface area contributed by atoms with E-state index in [1.807, 2.05) is 12.3 Å². The highest BCUT2D eigenvalue weighted by Crippen LogP contribution is 2.26. The number of aromatic nitrogens is 2. The lowest BCUT2D eigenvalue weighted by molar-refractivity contribution is 0.100. The van der Waals surface area contributed by atoms with Crippen LogP contribution in [0, 0.1) is 6.92 Å². The van der Waals surface area contributed by atoms with Gasteiger partial charge < -0.3 is 16.8 Å². The minimum Gasteiger partial charge on any atom is -0.382 e. The van der Waals surface area contributed by atoms with E-state index in [1.54, 1.807) is 11.3 Å². The van der Waals surface area contributed by atoms with Crippen molar-refractivity contribution in [3.05, 3.63) is 21.6 Å². The Balaban J connectivity index is 2.11. The summed E-state index contributed by atoms with van der Waals surface area (Å²) in [6.07, 6.45) is 0. The molecule has 0 aliphatic rings. The van der Waals surface area contributed by atoms with Gasteiger partial charge in [0.05, 0.1) is 17.2 Å². The molecule has 0 aliphatic carbocycles. The molecule has 2 rings (SSSR count). The molecule has 0 fully saturated rings. The van der Waals surface area contributed by atoms with E-state index < -0.39 is 5.91 Å². The molecule has 0 bridgehead atoms. The van der Waals surface area contributed by atoms with Gasteiger partial charge in [0.1, 0.15) is 10.6 Å². The molecule has 0 saturated heterocycles. The number of aryl methyl sites for hydroxylation is 1. The van der Waals surface area contributed by atoms with Crippen LogP contribution in [0.5, 0.6) is 0 Å². The van der Waals surface area contributed by atoms with Gasteiger partial charge in [0.2, 0.25) is 0 Å². The number of carbonyl (C=O) groups is 1. The molecule has 0 spiro atoms. The van der Waals surface area contributed by atoms with Crippen molar-refractivity contribution in [3.8, 4) is 0 Å². The van der Waals surface area contributed by atoms with Gasteiger partial charge >= 0.3 is 0 Å². The van der Waals surface area contributed by atoms with E-state index >= 15 is 0 Å². The molecule has 2 aromatic rings. The number of hydrogen-bond donors (Lipinski definition) is 3. The first-order chi connectivity index (χ1) is 8.08. The van der Waals surface area contributed by atoms with Crippen molar-refractivity contribution < 1.29 is 4.79 Å². The molecule has 2 aromatic heterocycles. The molecule has 17 heavy (non-hydrogen) atoms. The summed E-state index contributed by atoms with van der Waals surface area (Å²) < 4.78 is 3.89. The monoisotopic (exact) mass is 269 g/mol. The van der Waals surface area contributed by atoms with Crippen LogP contribution < -0.4 is 16.8 Å². The Labute approximate surface area is 106 Å². The fraction of sp³-hybridized carbons (Fsp3) is 0.222. The summed E-state index contributed by atoms with van der Waals surface area (Å²) in [5.74, 6) is -0.410. The van der Waals surface area contributed by atoms with Crippen LogP contribution in [0.4, 0.5) is 10.8 Å². The van der Waals surface area contributed by atoms with Gasteiger partial charge in [0, 0.05) is 5.38 Å². The Bertz CT molecular complexity index is 547. The number of nitrogens with two attached hydrogens (primary N) is 2. The van der Waals surface area contributed by atoms with Crippen LogP contribution in [0.2, 0.25) is 0 Å². The largest absolute Gasteiger partial charge is 0.382 e. The zero-order valence-corrected chi connectivity index (χ0v) is 10.7. The van der Waals surface area contributed by atoms with Gasteiger partial charge in [0.25, 0.3) is 5.91 Å². The number of thiazole rings is 1. The Kier molecular flexibility index (Phi) is 3.25. The summed E-state index contributed by atoms with van der Waals surface area (Å²) in [5, 5.41) is 6.60. The summed E-state index contributed by atoms with van der Waals surface area (Å²) in [7, 11) is 0. The predicted octanol–water partition coefficient (Wildman–Crippen LogP) is 1.20. The molecule has 8 heteroatoms. The molecular weight excluding hydrogens is 258 g/mol. The minimum atomic E-state index is -0.576. The lowest BCUT2D eigenvalue weighted by Crippen LogP contribution is -2.14. The van der Waals surface area contributed by atoms with Gasteiger partial charge in [-0.05, 0) is 18.5 Å². The van der Waals surface area contributed by atoms with Crippen molar-refractivity contribution >= 4 is 39.6 Å². The number of amides is 1. The first-order valence-corrected chi connectivity index (χ1v) is 6.43. The van der Waals surface area contributed by atoms with E-state index in [4.69, 9.17) is 11.5 Å². The highest BCUT2D eigenvalue weighted by atomic mass is 32.1. The van der Waals surface area contributed by atoms with Crippen LogP contribution in [0.15, 0.2) is 5.38 Å². The first kappa shape index (κ1) is 11.8. The van der Waals surface area contributed by atoms with Gasteiger partial charge in [0.15, 0.2) is 5.82 Å². The molecule has 90 valence electrons. The summed E-state index contributed by atoms with van der Waals surface area (Å²) in [4.78, 5) is 15.5. The molecule has 0 radical (unpaired) electrons. The Hall–Kier alpha value is -1.67. The van der Waals surface area contributed by atoms with E-state index in [0.29, 0.717) is 11.5 Å². The standard InChI is InChI=1S/C9H11N5OS2/c1-4-13-5(3-16-4)2-12-9-6(8(11)15)7(10)14-17-9/h3,12H,2H2,1H3,(H2,10,14)(H2,11,15). The van der Waals surface area contributed by atoms with Gasteiger partial charge in [-0.2, -0.15) is 4.37 Å². The smallest absolute Gasteiger partial charge is 0.255 e. The van der Waals surface area contributed by atoms with E-state index in [2.05, 4.69) is 14.7 Å². The molecule has 0 saturated carbocycles. The number of nitrogen functional groups attached to an aromatic ring is 1. The topological polar surface area (TPSA) is 107 Å². The summed E-state index contributed by atoms with van der Waals surface area (Å²) in [6, 6.07) is 0. The van der Waals surface area contributed by atoms with E-state index in [1.165, 1.54) is 0 Å². The molecule has 0 aliphatic heterocycles. The number of rotatable bonds is 4. The average molecular weight is 269 g/mol. The molecule has 6 nitrogen and oxygen atoms in total.